The summed E-state index contributed by atoms with van der Waals surface area (Å²) in [7, 11) is 0. The van der Waals surface area contributed by atoms with Gasteiger partial charge in [-0.2, -0.15) is 0 Å². The summed E-state index contributed by atoms with van der Waals surface area (Å²) in [4.78, 5) is 0. The van der Waals surface area contributed by atoms with Crippen molar-refractivity contribution < 1.29 is 9.84 Å². The minimum Gasteiger partial charge on any atom is -0.389 e. The molecule has 2 N–H and O–H groups in total. The fraction of sp³-hybridized carbons (Fsp3) is 0.500. The highest BCUT2D eigenvalue weighted by Crippen LogP contribution is 1.97. The van der Waals surface area contributed by atoms with E-state index in [-0.39, 0.29) is 0 Å². The van der Waals surface area contributed by atoms with Crippen LogP contribution in [-0.4, -0.2) is 31.0 Å². The predicted molar refractivity (Wildman–Crippen MR) is 60.6 cm³/mol. The molecule has 1 atom stereocenters. The van der Waals surface area contributed by atoms with Crippen LogP contribution in [0.25, 0.3) is 0 Å². The van der Waals surface area contributed by atoms with E-state index in [0.717, 1.165) is 6.54 Å². The molecule has 0 bridgehead atoms. The standard InChI is InChI=1S/C12H19NO2/c1-2-15-10-12(14)9-13-8-11-6-4-3-5-7-11/h3-7,12-14H,2,8-10H2,1H3. The Morgan fingerprint density at radius 2 is 2.07 bits per heavy atom. The molecule has 1 aromatic carbocycles. The van der Waals surface area contributed by atoms with Crippen molar-refractivity contribution in [2.24, 2.45) is 0 Å². The van der Waals surface area contributed by atoms with Crippen molar-refractivity contribution in [2.75, 3.05) is 19.8 Å². The Kier molecular flexibility index (Phi) is 6.00. The largest absolute Gasteiger partial charge is 0.389 e. The Morgan fingerprint density at radius 1 is 1.33 bits per heavy atom. The van der Waals surface area contributed by atoms with Gasteiger partial charge in [-0.25, -0.2) is 0 Å². The highest BCUT2D eigenvalue weighted by molar-refractivity contribution is 5.14. The number of nitrogens with one attached hydrogen (secondary N) is 1. The molecular formula is C12H19NO2. The van der Waals surface area contributed by atoms with Crippen LogP contribution in [0.4, 0.5) is 0 Å². The van der Waals surface area contributed by atoms with Gasteiger partial charge < -0.3 is 15.2 Å². The summed E-state index contributed by atoms with van der Waals surface area (Å²) in [6.45, 7) is 4.32. The number of rotatable bonds is 7. The maximum Gasteiger partial charge on any atom is 0.0897 e. The number of aliphatic hydroxyl groups excluding tert-OH is 1. The summed E-state index contributed by atoms with van der Waals surface area (Å²) in [6.07, 6.45) is -0.423. The molecule has 0 amide bonds. The van der Waals surface area contributed by atoms with Crippen molar-refractivity contribution in [2.45, 2.75) is 19.6 Å². The summed E-state index contributed by atoms with van der Waals surface area (Å²) in [6, 6.07) is 10.1. The van der Waals surface area contributed by atoms with Gasteiger partial charge in [0, 0.05) is 19.7 Å². The van der Waals surface area contributed by atoms with Crippen LogP contribution in [0.15, 0.2) is 30.3 Å². The molecule has 0 aliphatic carbocycles. The van der Waals surface area contributed by atoms with Crippen LogP contribution >= 0.6 is 0 Å². The van der Waals surface area contributed by atoms with E-state index in [9.17, 15) is 5.11 Å². The van der Waals surface area contributed by atoms with Gasteiger partial charge in [0.25, 0.3) is 0 Å². The number of aliphatic hydroxyl groups is 1. The number of ether oxygens (including phenoxy) is 1. The zero-order valence-corrected chi connectivity index (χ0v) is 9.15. The molecule has 0 saturated carbocycles. The molecule has 0 fully saturated rings. The first-order valence-corrected chi connectivity index (χ1v) is 5.33. The quantitative estimate of drug-likeness (QED) is 0.708. The molecule has 3 nitrogen and oxygen atoms in total. The summed E-state index contributed by atoms with van der Waals surface area (Å²) >= 11 is 0. The van der Waals surface area contributed by atoms with Crippen molar-refractivity contribution >= 4 is 0 Å². The molecule has 1 aromatic rings. The van der Waals surface area contributed by atoms with Crippen molar-refractivity contribution in [1.29, 1.82) is 0 Å². The minimum atomic E-state index is -0.423. The average molecular weight is 209 g/mol. The molecule has 0 spiro atoms. The van der Waals surface area contributed by atoms with Crippen molar-refractivity contribution in [1.82, 2.24) is 5.32 Å². The lowest BCUT2D eigenvalue weighted by Crippen LogP contribution is -2.30. The molecule has 0 saturated heterocycles. The van der Waals surface area contributed by atoms with E-state index in [1.807, 2.05) is 25.1 Å². The Balaban J connectivity index is 2.11. The first-order chi connectivity index (χ1) is 7.33. The predicted octanol–water partition coefficient (Wildman–Crippen LogP) is 1.17. The summed E-state index contributed by atoms with van der Waals surface area (Å²) < 4.78 is 5.11. The van der Waals surface area contributed by atoms with E-state index in [1.54, 1.807) is 0 Å². The normalized spacial score (nSPS) is 12.7. The van der Waals surface area contributed by atoms with Crippen molar-refractivity contribution in [3.05, 3.63) is 35.9 Å². The van der Waals surface area contributed by atoms with Gasteiger partial charge in [-0.15, -0.1) is 0 Å². The zero-order chi connectivity index (χ0) is 10.9. The van der Waals surface area contributed by atoms with E-state index in [0.29, 0.717) is 19.8 Å². The summed E-state index contributed by atoms with van der Waals surface area (Å²) in [5.74, 6) is 0. The fourth-order valence-corrected chi connectivity index (χ4v) is 1.29. The van der Waals surface area contributed by atoms with Crippen LogP contribution in [0, 0.1) is 0 Å². The van der Waals surface area contributed by atoms with Gasteiger partial charge in [0.2, 0.25) is 0 Å². The van der Waals surface area contributed by atoms with E-state index in [2.05, 4.69) is 17.4 Å². The monoisotopic (exact) mass is 209 g/mol. The number of hydrogen-bond acceptors (Lipinski definition) is 3. The van der Waals surface area contributed by atoms with Crippen LogP contribution in [0.5, 0.6) is 0 Å². The lowest BCUT2D eigenvalue weighted by Gasteiger charge is -2.11. The van der Waals surface area contributed by atoms with Gasteiger partial charge in [0.05, 0.1) is 12.7 Å². The van der Waals surface area contributed by atoms with Gasteiger partial charge in [-0.3, -0.25) is 0 Å². The fourth-order valence-electron chi connectivity index (χ4n) is 1.29. The van der Waals surface area contributed by atoms with Gasteiger partial charge in [0.15, 0.2) is 0 Å². The molecule has 1 unspecified atom stereocenters. The minimum absolute atomic E-state index is 0.401. The molecule has 84 valence electrons. The third-order valence-electron chi connectivity index (χ3n) is 2.07. The second-order valence-electron chi connectivity index (χ2n) is 3.43. The van der Waals surface area contributed by atoms with Gasteiger partial charge in [-0.05, 0) is 12.5 Å². The molecule has 3 heteroatoms. The second kappa shape index (κ2) is 7.40. The van der Waals surface area contributed by atoms with Crippen LogP contribution < -0.4 is 5.32 Å². The van der Waals surface area contributed by atoms with Crippen LogP contribution in [-0.2, 0) is 11.3 Å². The summed E-state index contributed by atoms with van der Waals surface area (Å²) in [5.41, 5.74) is 1.22. The second-order valence-corrected chi connectivity index (χ2v) is 3.43. The lowest BCUT2D eigenvalue weighted by molar-refractivity contribution is 0.0427. The van der Waals surface area contributed by atoms with Crippen LogP contribution in [0.3, 0.4) is 0 Å². The van der Waals surface area contributed by atoms with Gasteiger partial charge in [0.1, 0.15) is 0 Å². The third kappa shape index (κ3) is 5.52. The zero-order valence-electron chi connectivity index (χ0n) is 9.15. The highest BCUT2D eigenvalue weighted by Gasteiger charge is 2.02. The van der Waals surface area contributed by atoms with Crippen molar-refractivity contribution in [3.8, 4) is 0 Å². The molecule has 1 rings (SSSR count). The molecule has 0 radical (unpaired) electrons. The smallest absolute Gasteiger partial charge is 0.0897 e. The van der Waals surface area contributed by atoms with Crippen LogP contribution in [0.1, 0.15) is 12.5 Å². The molecular weight excluding hydrogens is 190 g/mol. The van der Waals surface area contributed by atoms with Crippen molar-refractivity contribution in [3.63, 3.8) is 0 Å². The van der Waals surface area contributed by atoms with Gasteiger partial charge in [-0.1, -0.05) is 30.3 Å². The first kappa shape index (κ1) is 12.2. The van der Waals surface area contributed by atoms with E-state index < -0.39 is 6.10 Å². The van der Waals surface area contributed by atoms with Gasteiger partial charge >= 0.3 is 0 Å². The van der Waals surface area contributed by atoms with E-state index in [4.69, 9.17) is 4.74 Å². The third-order valence-corrected chi connectivity index (χ3v) is 2.07. The Hall–Kier alpha value is -0.900. The topological polar surface area (TPSA) is 41.5 Å². The molecule has 0 aliphatic heterocycles. The van der Waals surface area contributed by atoms with Crippen LogP contribution in [0.2, 0.25) is 0 Å². The maximum absolute atomic E-state index is 9.47. The van der Waals surface area contributed by atoms with E-state index >= 15 is 0 Å². The SMILES string of the molecule is CCOCC(O)CNCc1ccccc1. The number of hydrogen-bond donors (Lipinski definition) is 2. The molecule has 0 aromatic heterocycles. The Bertz CT molecular complexity index is 251. The molecule has 0 heterocycles. The van der Waals surface area contributed by atoms with E-state index in [1.165, 1.54) is 5.56 Å². The Morgan fingerprint density at radius 3 is 2.73 bits per heavy atom. The summed E-state index contributed by atoms with van der Waals surface area (Å²) in [5, 5.41) is 12.7. The Labute approximate surface area is 91.1 Å². The number of benzene rings is 1. The average Bonchev–Trinajstić information content (AvgIpc) is 2.28. The maximum atomic E-state index is 9.47. The first-order valence-electron chi connectivity index (χ1n) is 5.33. The molecule has 15 heavy (non-hydrogen) atoms. The lowest BCUT2D eigenvalue weighted by atomic mass is 10.2. The highest BCUT2D eigenvalue weighted by atomic mass is 16.5. The molecule has 0 aliphatic rings.